The molecule has 0 aromatic heterocycles. The van der Waals surface area contributed by atoms with Crippen LogP contribution in [0.15, 0.2) is 18.2 Å². The van der Waals surface area contributed by atoms with Crippen molar-refractivity contribution in [3.63, 3.8) is 0 Å². The lowest BCUT2D eigenvalue weighted by molar-refractivity contribution is 0.386. The Balaban J connectivity index is 2.55. The van der Waals surface area contributed by atoms with Crippen LogP contribution in [0, 0.1) is 5.82 Å². The van der Waals surface area contributed by atoms with Gasteiger partial charge in [0.15, 0.2) is 11.6 Å². The molecule has 62 valence electrons. The largest absolute Gasteiger partial charge is 0.494 e. The third-order valence-corrected chi connectivity index (χ3v) is 2.05. The van der Waals surface area contributed by atoms with Crippen molar-refractivity contribution in [3.8, 4) is 5.75 Å². The van der Waals surface area contributed by atoms with Crippen LogP contribution in [0.3, 0.4) is 0 Å². The predicted molar refractivity (Wildman–Crippen MR) is 45.7 cm³/mol. The molecule has 0 aliphatic heterocycles. The molecular weight excluding hydrogens is 155 g/mol. The first-order valence-corrected chi connectivity index (χ1v) is 3.84. The van der Waals surface area contributed by atoms with E-state index >= 15 is 0 Å². The highest BCUT2D eigenvalue weighted by Crippen LogP contribution is 2.27. The number of allylic oxidation sites excluding steroid dienone is 1. The standard InChI is InChI=1S/C10H9FO/c1-12-10-6-8-4-2-3-7(8)5-9(10)11/h2,4-6H,3H2,1H3. The van der Waals surface area contributed by atoms with Crippen molar-refractivity contribution in [2.45, 2.75) is 6.42 Å². The average Bonchev–Trinajstić information content (AvgIpc) is 2.49. The maximum Gasteiger partial charge on any atom is 0.165 e. The minimum absolute atomic E-state index is 0.278. The Morgan fingerprint density at radius 2 is 2.25 bits per heavy atom. The van der Waals surface area contributed by atoms with Gasteiger partial charge in [-0.05, 0) is 29.7 Å². The monoisotopic (exact) mass is 164 g/mol. The molecule has 1 aromatic rings. The van der Waals surface area contributed by atoms with Gasteiger partial charge in [0.05, 0.1) is 7.11 Å². The summed E-state index contributed by atoms with van der Waals surface area (Å²) in [4.78, 5) is 0. The third-order valence-electron chi connectivity index (χ3n) is 2.05. The van der Waals surface area contributed by atoms with E-state index in [9.17, 15) is 4.39 Å². The van der Waals surface area contributed by atoms with E-state index in [1.165, 1.54) is 13.2 Å². The second-order valence-electron chi connectivity index (χ2n) is 2.79. The van der Waals surface area contributed by atoms with Crippen LogP contribution in [0.1, 0.15) is 11.1 Å². The Kier molecular flexibility index (Phi) is 1.61. The number of ether oxygens (including phenoxy) is 1. The number of hydrogen-bond donors (Lipinski definition) is 0. The quantitative estimate of drug-likeness (QED) is 0.619. The van der Waals surface area contributed by atoms with Crippen molar-refractivity contribution in [1.29, 1.82) is 0 Å². The van der Waals surface area contributed by atoms with Crippen LogP contribution in [0.5, 0.6) is 5.75 Å². The Labute approximate surface area is 70.5 Å². The fourth-order valence-corrected chi connectivity index (χ4v) is 1.41. The number of halogens is 1. The number of benzene rings is 1. The summed E-state index contributed by atoms with van der Waals surface area (Å²) in [7, 11) is 1.48. The van der Waals surface area contributed by atoms with Gasteiger partial charge in [-0.2, -0.15) is 0 Å². The lowest BCUT2D eigenvalue weighted by atomic mass is 10.1. The van der Waals surface area contributed by atoms with Crippen LogP contribution in [0.4, 0.5) is 4.39 Å². The van der Waals surface area contributed by atoms with Gasteiger partial charge in [-0.25, -0.2) is 4.39 Å². The summed E-state index contributed by atoms with van der Waals surface area (Å²) in [6, 6.07) is 3.27. The predicted octanol–water partition coefficient (Wildman–Crippen LogP) is 2.40. The normalized spacial score (nSPS) is 13.2. The summed E-state index contributed by atoms with van der Waals surface area (Å²) in [6.45, 7) is 0. The SMILES string of the molecule is COc1cc2c(cc1F)CC=C2. The first-order valence-electron chi connectivity index (χ1n) is 3.84. The van der Waals surface area contributed by atoms with E-state index in [4.69, 9.17) is 4.74 Å². The highest BCUT2D eigenvalue weighted by Gasteiger charge is 2.10. The van der Waals surface area contributed by atoms with Crippen LogP contribution >= 0.6 is 0 Å². The molecule has 0 heterocycles. The lowest BCUT2D eigenvalue weighted by Gasteiger charge is -2.04. The Bertz CT molecular complexity index is 342. The number of fused-ring (bicyclic) bond motifs is 1. The molecule has 1 aliphatic rings. The highest BCUT2D eigenvalue weighted by molar-refractivity contribution is 5.61. The second-order valence-corrected chi connectivity index (χ2v) is 2.79. The van der Waals surface area contributed by atoms with E-state index in [0.29, 0.717) is 5.75 Å². The summed E-state index contributed by atoms with van der Waals surface area (Å²) >= 11 is 0. The first kappa shape index (κ1) is 7.35. The number of methoxy groups -OCH3 is 1. The molecule has 0 N–H and O–H groups in total. The molecular formula is C10H9FO. The molecule has 1 aliphatic carbocycles. The topological polar surface area (TPSA) is 9.23 Å². The zero-order chi connectivity index (χ0) is 8.55. The van der Waals surface area contributed by atoms with Gasteiger partial charge >= 0.3 is 0 Å². The van der Waals surface area contributed by atoms with Crippen molar-refractivity contribution in [1.82, 2.24) is 0 Å². The van der Waals surface area contributed by atoms with Crippen LogP contribution in [-0.2, 0) is 6.42 Å². The smallest absolute Gasteiger partial charge is 0.165 e. The number of hydrogen-bond acceptors (Lipinski definition) is 1. The minimum atomic E-state index is -0.278. The molecule has 0 atom stereocenters. The molecule has 0 unspecified atom stereocenters. The van der Waals surface area contributed by atoms with Gasteiger partial charge in [0.25, 0.3) is 0 Å². The maximum absolute atomic E-state index is 13.1. The number of rotatable bonds is 1. The summed E-state index contributed by atoms with van der Waals surface area (Å²) in [5.41, 5.74) is 2.10. The molecule has 12 heavy (non-hydrogen) atoms. The first-order chi connectivity index (χ1) is 5.81. The molecule has 0 bridgehead atoms. The van der Waals surface area contributed by atoms with Crippen LogP contribution < -0.4 is 4.74 Å². The third kappa shape index (κ3) is 0.998. The zero-order valence-electron chi connectivity index (χ0n) is 6.80. The Hall–Kier alpha value is -1.31. The van der Waals surface area contributed by atoms with Gasteiger partial charge < -0.3 is 4.74 Å². The Morgan fingerprint density at radius 1 is 1.42 bits per heavy atom. The van der Waals surface area contributed by atoms with Gasteiger partial charge in [-0.1, -0.05) is 12.2 Å². The van der Waals surface area contributed by atoms with Crippen molar-refractivity contribution < 1.29 is 9.13 Å². The van der Waals surface area contributed by atoms with E-state index in [-0.39, 0.29) is 5.82 Å². The van der Waals surface area contributed by atoms with Crippen molar-refractivity contribution in [3.05, 3.63) is 35.2 Å². The van der Waals surface area contributed by atoms with Gasteiger partial charge in [0.1, 0.15) is 0 Å². The maximum atomic E-state index is 13.1. The summed E-state index contributed by atoms with van der Waals surface area (Å²) in [6.07, 6.45) is 4.83. The second kappa shape index (κ2) is 2.63. The molecule has 2 rings (SSSR count). The van der Waals surface area contributed by atoms with Crippen LogP contribution in [0.2, 0.25) is 0 Å². The van der Waals surface area contributed by atoms with Crippen LogP contribution in [0.25, 0.3) is 6.08 Å². The molecule has 0 saturated heterocycles. The molecule has 1 nitrogen and oxygen atoms in total. The lowest BCUT2D eigenvalue weighted by Crippen LogP contribution is -1.91. The van der Waals surface area contributed by atoms with E-state index in [1.54, 1.807) is 6.07 Å². The van der Waals surface area contributed by atoms with Crippen molar-refractivity contribution in [2.24, 2.45) is 0 Å². The van der Waals surface area contributed by atoms with Gasteiger partial charge in [0.2, 0.25) is 0 Å². The van der Waals surface area contributed by atoms with E-state index in [0.717, 1.165) is 17.5 Å². The zero-order valence-corrected chi connectivity index (χ0v) is 6.80. The molecule has 0 amide bonds. The van der Waals surface area contributed by atoms with E-state index < -0.39 is 0 Å². The molecule has 0 spiro atoms. The van der Waals surface area contributed by atoms with Crippen molar-refractivity contribution >= 4 is 6.08 Å². The van der Waals surface area contributed by atoms with E-state index in [2.05, 4.69) is 0 Å². The Morgan fingerprint density at radius 3 is 3.00 bits per heavy atom. The molecule has 0 radical (unpaired) electrons. The molecule has 0 fully saturated rings. The van der Waals surface area contributed by atoms with E-state index in [1.807, 2.05) is 12.2 Å². The molecule has 1 aromatic carbocycles. The minimum Gasteiger partial charge on any atom is -0.494 e. The van der Waals surface area contributed by atoms with Crippen LogP contribution in [-0.4, -0.2) is 7.11 Å². The van der Waals surface area contributed by atoms with Crippen molar-refractivity contribution in [2.75, 3.05) is 7.11 Å². The molecule has 0 saturated carbocycles. The van der Waals surface area contributed by atoms with Gasteiger partial charge in [-0.3, -0.25) is 0 Å². The highest BCUT2D eigenvalue weighted by atomic mass is 19.1. The fourth-order valence-electron chi connectivity index (χ4n) is 1.41. The molecule has 2 heteroatoms. The van der Waals surface area contributed by atoms with Gasteiger partial charge in [0, 0.05) is 0 Å². The summed E-state index contributed by atoms with van der Waals surface area (Å²) in [5.74, 6) is 0.0419. The average molecular weight is 164 g/mol. The summed E-state index contributed by atoms with van der Waals surface area (Å²) < 4.78 is 18.0. The summed E-state index contributed by atoms with van der Waals surface area (Å²) in [5, 5.41) is 0. The van der Waals surface area contributed by atoms with Gasteiger partial charge in [-0.15, -0.1) is 0 Å². The fraction of sp³-hybridized carbons (Fsp3) is 0.200.